The van der Waals surface area contributed by atoms with Crippen LogP contribution in [0, 0.1) is 0 Å². The smallest absolute Gasteiger partial charge is 0.290 e. The van der Waals surface area contributed by atoms with Crippen molar-refractivity contribution < 1.29 is 14.7 Å². The fraction of sp³-hybridized carbons (Fsp3) is 0.640. The quantitative estimate of drug-likeness (QED) is 0.795. The van der Waals surface area contributed by atoms with E-state index in [0.717, 1.165) is 36.7 Å². The molecule has 0 unspecified atom stereocenters. The summed E-state index contributed by atoms with van der Waals surface area (Å²) in [5, 5.41) is 9.76. The number of benzene rings is 1. The van der Waals surface area contributed by atoms with E-state index in [9.17, 15) is 14.7 Å². The summed E-state index contributed by atoms with van der Waals surface area (Å²) in [6.45, 7) is 5.52. The van der Waals surface area contributed by atoms with E-state index in [1.807, 2.05) is 16.5 Å². The number of aromatic nitrogens is 2. The number of aryl methyl sites for hydroxylation is 1. The maximum absolute atomic E-state index is 13.4. The first kappa shape index (κ1) is 21.4. The molecular weight excluding hydrogens is 404 g/mol. The molecule has 7 heteroatoms. The Hall–Kier alpha value is -2.41. The topological polar surface area (TPSA) is 78.7 Å². The number of rotatable bonds is 4. The lowest BCUT2D eigenvalue weighted by atomic mass is 9.91. The first-order chi connectivity index (χ1) is 15.3. The number of carbonyl (C=O) groups is 2. The molecule has 2 heterocycles. The van der Waals surface area contributed by atoms with E-state index in [0.29, 0.717) is 30.7 Å². The number of hydrogen-bond acceptors (Lipinski definition) is 4. The number of carbonyl (C=O) groups excluding carboxylic acids is 2. The van der Waals surface area contributed by atoms with Gasteiger partial charge < -0.3 is 19.5 Å². The van der Waals surface area contributed by atoms with Gasteiger partial charge in [-0.1, -0.05) is 19.9 Å². The van der Waals surface area contributed by atoms with Gasteiger partial charge in [-0.3, -0.25) is 9.59 Å². The van der Waals surface area contributed by atoms with Crippen molar-refractivity contribution >= 4 is 22.8 Å². The number of imidazole rings is 1. The van der Waals surface area contributed by atoms with Crippen molar-refractivity contribution in [3.8, 4) is 0 Å². The second-order valence-corrected chi connectivity index (χ2v) is 10.2. The third kappa shape index (κ3) is 3.81. The molecule has 32 heavy (non-hydrogen) atoms. The average Bonchev–Trinajstić information content (AvgIpc) is 3.57. The van der Waals surface area contributed by atoms with Crippen molar-refractivity contribution in [2.24, 2.45) is 7.05 Å². The number of hydrogen-bond donors (Lipinski definition) is 1. The molecule has 5 rings (SSSR count). The fourth-order valence-corrected chi connectivity index (χ4v) is 5.38. The Kier molecular flexibility index (Phi) is 5.48. The second kappa shape index (κ2) is 8.18. The van der Waals surface area contributed by atoms with E-state index in [4.69, 9.17) is 4.98 Å². The van der Waals surface area contributed by atoms with Crippen LogP contribution >= 0.6 is 0 Å². The zero-order valence-electron chi connectivity index (χ0n) is 19.4. The lowest BCUT2D eigenvalue weighted by Crippen LogP contribution is -2.56. The molecule has 2 aliphatic carbocycles. The maximum atomic E-state index is 13.4. The zero-order chi connectivity index (χ0) is 22.6. The van der Waals surface area contributed by atoms with Crippen molar-refractivity contribution in [2.45, 2.75) is 76.4 Å². The van der Waals surface area contributed by atoms with Crippen LogP contribution in [0.1, 0.15) is 86.0 Å². The maximum Gasteiger partial charge on any atom is 0.290 e. The predicted octanol–water partition coefficient (Wildman–Crippen LogP) is 3.16. The third-order valence-electron chi connectivity index (χ3n) is 7.55. The first-order valence-electron chi connectivity index (χ1n) is 12.1. The molecule has 3 fully saturated rings. The third-order valence-corrected chi connectivity index (χ3v) is 7.55. The molecule has 1 aromatic heterocycles. The van der Waals surface area contributed by atoms with Gasteiger partial charge in [0.1, 0.15) is 6.54 Å². The van der Waals surface area contributed by atoms with Gasteiger partial charge in [-0.15, -0.1) is 0 Å². The Labute approximate surface area is 189 Å². The molecule has 3 aliphatic rings. The monoisotopic (exact) mass is 438 g/mol. The summed E-state index contributed by atoms with van der Waals surface area (Å²) in [7, 11) is 1.91. The van der Waals surface area contributed by atoms with Gasteiger partial charge in [0.25, 0.3) is 5.91 Å². The highest BCUT2D eigenvalue weighted by atomic mass is 16.3. The van der Waals surface area contributed by atoms with Gasteiger partial charge >= 0.3 is 0 Å². The second-order valence-electron chi connectivity index (χ2n) is 10.2. The molecule has 0 spiro atoms. The SMILES string of the molecule is CC(C)c1cc(C2CC2)cc2c1nc(C(=O)N1CCN([C@H]3CC[C@H](O)CC3)C(=O)C1)n2C. The number of aliphatic hydroxyl groups is 1. The summed E-state index contributed by atoms with van der Waals surface area (Å²) >= 11 is 0. The molecule has 2 saturated carbocycles. The summed E-state index contributed by atoms with van der Waals surface area (Å²) in [5.74, 6) is 1.21. The highest BCUT2D eigenvalue weighted by Crippen LogP contribution is 2.42. The van der Waals surface area contributed by atoms with Crippen molar-refractivity contribution in [2.75, 3.05) is 19.6 Å². The highest BCUT2D eigenvalue weighted by molar-refractivity contribution is 5.98. The van der Waals surface area contributed by atoms with Crippen molar-refractivity contribution in [1.29, 1.82) is 0 Å². The molecule has 0 bridgehead atoms. The van der Waals surface area contributed by atoms with E-state index in [2.05, 4.69) is 26.0 Å². The molecule has 1 aromatic carbocycles. The van der Waals surface area contributed by atoms with Crippen LogP contribution in [0.15, 0.2) is 12.1 Å². The van der Waals surface area contributed by atoms with Crippen LogP contribution in [0.4, 0.5) is 0 Å². The Bertz CT molecular complexity index is 1050. The van der Waals surface area contributed by atoms with Gasteiger partial charge in [-0.2, -0.15) is 0 Å². The molecule has 0 atom stereocenters. The molecular formula is C25H34N4O3. The number of amides is 2. The van der Waals surface area contributed by atoms with E-state index in [-0.39, 0.29) is 30.5 Å². The molecule has 2 amide bonds. The Morgan fingerprint density at radius 1 is 1.09 bits per heavy atom. The van der Waals surface area contributed by atoms with Gasteiger partial charge in [-0.05, 0) is 67.6 Å². The van der Waals surface area contributed by atoms with Crippen LogP contribution in [-0.2, 0) is 11.8 Å². The van der Waals surface area contributed by atoms with Crippen LogP contribution in [0.2, 0.25) is 0 Å². The minimum absolute atomic E-state index is 0.00337. The first-order valence-corrected chi connectivity index (χ1v) is 12.1. The van der Waals surface area contributed by atoms with Gasteiger partial charge in [0.2, 0.25) is 5.91 Å². The van der Waals surface area contributed by atoms with Crippen molar-refractivity contribution in [3.05, 3.63) is 29.1 Å². The molecule has 0 radical (unpaired) electrons. The highest BCUT2D eigenvalue weighted by Gasteiger charge is 2.35. The molecule has 1 saturated heterocycles. The standard InChI is InChI=1S/C25H34N4O3/c1-15(2)20-12-17(16-4-5-16)13-21-23(20)26-24(27(21)3)25(32)28-10-11-29(22(31)14-28)18-6-8-19(30)9-7-18/h12-13,15-16,18-19,30H,4-11,14H2,1-3H3/t18-,19-. The van der Waals surface area contributed by atoms with Crippen LogP contribution < -0.4 is 0 Å². The van der Waals surface area contributed by atoms with E-state index in [1.54, 1.807) is 4.90 Å². The number of aliphatic hydroxyl groups excluding tert-OH is 1. The molecule has 2 aromatic rings. The average molecular weight is 439 g/mol. The van der Waals surface area contributed by atoms with Crippen LogP contribution in [0.5, 0.6) is 0 Å². The zero-order valence-corrected chi connectivity index (χ0v) is 19.4. The summed E-state index contributed by atoms with van der Waals surface area (Å²) in [4.78, 5) is 34.7. The van der Waals surface area contributed by atoms with Gasteiger partial charge in [0, 0.05) is 26.2 Å². The summed E-state index contributed by atoms with van der Waals surface area (Å²) in [6.07, 6.45) is 5.41. The fourth-order valence-electron chi connectivity index (χ4n) is 5.38. The van der Waals surface area contributed by atoms with E-state index >= 15 is 0 Å². The normalized spacial score (nSPS) is 24.6. The van der Waals surface area contributed by atoms with Gasteiger partial charge in [0.15, 0.2) is 5.82 Å². The summed E-state index contributed by atoms with van der Waals surface area (Å²) in [5.41, 5.74) is 4.46. The number of fused-ring (bicyclic) bond motifs is 1. The summed E-state index contributed by atoms with van der Waals surface area (Å²) < 4.78 is 1.91. The number of nitrogens with zero attached hydrogens (tertiary/aromatic N) is 4. The van der Waals surface area contributed by atoms with Crippen LogP contribution in [0.25, 0.3) is 11.0 Å². The Morgan fingerprint density at radius 3 is 2.44 bits per heavy atom. The van der Waals surface area contributed by atoms with Crippen LogP contribution in [0.3, 0.4) is 0 Å². The number of piperazine rings is 1. The largest absolute Gasteiger partial charge is 0.393 e. The minimum atomic E-state index is -0.238. The minimum Gasteiger partial charge on any atom is -0.393 e. The predicted molar refractivity (Wildman–Crippen MR) is 123 cm³/mol. The summed E-state index contributed by atoms with van der Waals surface area (Å²) in [6, 6.07) is 4.66. The molecule has 7 nitrogen and oxygen atoms in total. The van der Waals surface area contributed by atoms with E-state index in [1.165, 1.54) is 24.0 Å². The Morgan fingerprint density at radius 2 is 1.81 bits per heavy atom. The van der Waals surface area contributed by atoms with Crippen molar-refractivity contribution in [1.82, 2.24) is 19.4 Å². The van der Waals surface area contributed by atoms with E-state index < -0.39 is 0 Å². The van der Waals surface area contributed by atoms with Gasteiger partial charge in [-0.25, -0.2) is 4.98 Å². The lowest BCUT2D eigenvalue weighted by molar-refractivity contribution is -0.138. The van der Waals surface area contributed by atoms with Gasteiger partial charge in [0.05, 0.1) is 17.1 Å². The molecule has 172 valence electrons. The van der Waals surface area contributed by atoms with Crippen molar-refractivity contribution in [3.63, 3.8) is 0 Å². The van der Waals surface area contributed by atoms with Crippen LogP contribution in [-0.4, -0.2) is 68.1 Å². The molecule has 1 aliphatic heterocycles. The lowest BCUT2D eigenvalue weighted by Gasteiger charge is -2.41. The molecule has 1 N–H and O–H groups in total. The Balaban J connectivity index is 1.38.